The molecule has 1 saturated heterocycles. The van der Waals surface area contributed by atoms with Crippen molar-refractivity contribution in [3.05, 3.63) is 0 Å². The number of nitrogens with zero attached hydrogens (tertiary/aromatic N) is 1. The molecule has 4 heteroatoms. The van der Waals surface area contributed by atoms with E-state index in [-0.39, 0.29) is 29.3 Å². The lowest BCUT2D eigenvalue weighted by Gasteiger charge is -2.43. The third-order valence-electron chi connectivity index (χ3n) is 3.13. The zero-order valence-corrected chi connectivity index (χ0v) is 11.7. The fraction of sp³-hybridized carbons (Fsp3) is 0.846. The van der Waals surface area contributed by atoms with Crippen molar-refractivity contribution >= 4 is 11.8 Å². The highest BCUT2D eigenvalue weighted by atomic mass is 16.2. The molecule has 1 rings (SSSR count). The first kappa shape index (κ1) is 14.0. The molecule has 1 aliphatic heterocycles. The lowest BCUT2D eigenvalue weighted by Crippen LogP contribution is -2.65. The van der Waals surface area contributed by atoms with Gasteiger partial charge in [0.2, 0.25) is 11.8 Å². The van der Waals surface area contributed by atoms with E-state index in [0.717, 1.165) is 0 Å². The minimum atomic E-state index is -0.376. The van der Waals surface area contributed by atoms with Crippen LogP contribution in [0, 0.1) is 11.3 Å². The summed E-state index contributed by atoms with van der Waals surface area (Å²) < 4.78 is 0. The number of hydrogen-bond donors (Lipinski definition) is 1. The van der Waals surface area contributed by atoms with Crippen LogP contribution in [-0.4, -0.2) is 35.8 Å². The molecule has 4 nitrogen and oxygen atoms in total. The van der Waals surface area contributed by atoms with Crippen LogP contribution in [0.3, 0.4) is 0 Å². The molecule has 0 aliphatic carbocycles. The summed E-state index contributed by atoms with van der Waals surface area (Å²) >= 11 is 0. The summed E-state index contributed by atoms with van der Waals surface area (Å²) in [6.07, 6.45) is 0.700. The van der Waals surface area contributed by atoms with Gasteiger partial charge in [-0.1, -0.05) is 34.6 Å². The first-order valence-corrected chi connectivity index (χ1v) is 6.21. The lowest BCUT2D eigenvalue weighted by molar-refractivity contribution is -0.152. The van der Waals surface area contributed by atoms with E-state index in [9.17, 15) is 9.59 Å². The third-order valence-corrected chi connectivity index (χ3v) is 3.13. The molecule has 0 saturated carbocycles. The van der Waals surface area contributed by atoms with Crippen molar-refractivity contribution in [2.45, 2.75) is 53.1 Å². The van der Waals surface area contributed by atoms with Crippen molar-refractivity contribution in [1.82, 2.24) is 10.2 Å². The Hall–Kier alpha value is -1.06. The largest absolute Gasteiger partial charge is 0.342 e. The summed E-state index contributed by atoms with van der Waals surface area (Å²) in [4.78, 5) is 25.9. The average molecular weight is 240 g/mol. The van der Waals surface area contributed by atoms with Gasteiger partial charge < -0.3 is 10.2 Å². The van der Waals surface area contributed by atoms with Crippen molar-refractivity contribution in [3.63, 3.8) is 0 Å². The molecule has 1 heterocycles. The van der Waals surface area contributed by atoms with Crippen LogP contribution in [0.1, 0.15) is 41.0 Å². The highest BCUT2D eigenvalue weighted by molar-refractivity contribution is 5.97. The number of carbonyl (C=O) groups excluding carboxylic acids is 2. The Kier molecular flexibility index (Phi) is 3.84. The fourth-order valence-electron chi connectivity index (χ4n) is 2.47. The van der Waals surface area contributed by atoms with E-state index in [1.165, 1.54) is 0 Å². The zero-order chi connectivity index (χ0) is 13.4. The lowest BCUT2D eigenvalue weighted by atomic mass is 9.83. The minimum absolute atomic E-state index is 0.0261. The van der Waals surface area contributed by atoms with E-state index in [1.54, 1.807) is 11.9 Å². The monoisotopic (exact) mass is 240 g/mol. The molecule has 1 N–H and O–H groups in total. The van der Waals surface area contributed by atoms with Gasteiger partial charge in [0.1, 0.15) is 12.1 Å². The van der Waals surface area contributed by atoms with E-state index in [2.05, 4.69) is 19.2 Å². The van der Waals surface area contributed by atoms with Gasteiger partial charge in [-0.2, -0.15) is 0 Å². The Morgan fingerprint density at radius 1 is 1.29 bits per heavy atom. The molecule has 0 spiro atoms. The van der Waals surface area contributed by atoms with Gasteiger partial charge in [0, 0.05) is 7.05 Å². The van der Waals surface area contributed by atoms with E-state index in [0.29, 0.717) is 12.3 Å². The molecule has 98 valence electrons. The van der Waals surface area contributed by atoms with Gasteiger partial charge in [-0.05, 0) is 17.8 Å². The van der Waals surface area contributed by atoms with Crippen LogP contribution in [0.5, 0.6) is 0 Å². The van der Waals surface area contributed by atoms with Crippen LogP contribution in [0.25, 0.3) is 0 Å². The molecular weight excluding hydrogens is 216 g/mol. The van der Waals surface area contributed by atoms with Crippen LogP contribution in [0.15, 0.2) is 0 Å². The second-order valence-electron chi connectivity index (χ2n) is 6.41. The smallest absolute Gasteiger partial charge is 0.245 e. The SMILES string of the molecule is CC(C)CC1NC(=O)C(C(C)(C)C)N(C)C1=O. The van der Waals surface area contributed by atoms with E-state index in [1.807, 2.05) is 20.8 Å². The first-order chi connectivity index (χ1) is 7.64. The van der Waals surface area contributed by atoms with E-state index in [4.69, 9.17) is 0 Å². The minimum Gasteiger partial charge on any atom is -0.342 e. The number of carbonyl (C=O) groups is 2. The molecular formula is C13H24N2O2. The standard InChI is InChI=1S/C13H24N2O2/c1-8(2)7-9-12(17)15(6)10(11(16)14-9)13(3,4)5/h8-10H,7H2,1-6H3,(H,14,16). The number of hydrogen-bond acceptors (Lipinski definition) is 2. The Labute approximate surface area is 104 Å². The number of piperazine rings is 1. The predicted octanol–water partition coefficient (Wildman–Crippen LogP) is 1.40. The van der Waals surface area contributed by atoms with Crippen molar-refractivity contribution in [2.75, 3.05) is 7.05 Å². The van der Waals surface area contributed by atoms with Crippen molar-refractivity contribution in [1.29, 1.82) is 0 Å². The van der Waals surface area contributed by atoms with E-state index >= 15 is 0 Å². The third kappa shape index (κ3) is 2.99. The number of nitrogens with one attached hydrogen (secondary N) is 1. The average Bonchev–Trinajstić information content (AvgIpc) is 2.10. The van der Waals surface area contributed by atoms with Crippen LogP contribution >= 0.6 is 0 Å². The van der Waals surface area contributed by atoms with Gasteiger partial charge in [0.15, 0.2) is 0 Å². The molecule has 0 aromatic carbocycles. The van der Waals surface area contributed by atoms with Crippen LogP contribution < -0.4 is 5.32 Å². The summed E-state index contributed by atoms with van der Waals surface area (Å²) in [7, 11) is 1.73. The van der Waals surface area contributed by atoms with Crippen LogP contribution in [-0.2, 0) is 9.59 Å². The highest BCUT2D eigenvalue weighted by Gasteiger charge is 2.44. The van der Waals surface area contributed by atoms with E-state index < -0.39 is 0 Å². The topological polar surface area (TPSA) is 49.4 Å². The van der Waals surface area contributed by atoms with Crippen molar-refractivity contribution in [3.8, 4) is 0 Å². The van der Waals surface area contributed by atoms with Gasteiger partial charge in [-0.25, -0.2) is 0 Å². The molecule has 2 atom stereocenters. The maximum Gasteiger partial charge on any atom is 0.245 e. The molecule has 0 radical (unpaired) electrons. The molecule has 0 aromatic rings. The Balaban J connectivity index is 2.88. The second kappa shape index (κ2) is 4.67. The van der Waals surface area contributed by atoms with Gasteiger partial charge >= 0.3 is 0 Å². The van der Waals surface area contributed by atoms with Crippen LogP contribution in [0.4, 0.5) is 0 Å². The summed E-state index contributed by atoms with van der Waals surface area (Å²) in [5.41, 5.74) is -0.239. The Morgan fingerprint density at radius 2 is 1.82 bits per heavy atom. The van der Waals surface area contributed by atoms with Gasteiger partial charge in [0.25, 0.3) is 0 Å². The molecule has 1 aliphatic rings. The van der Waals surface area contributed by atoms with Crippen molar-refractivity contribution < 1.29 is 9.59 Å². The molecule has 0 bridgehead atoms. The summed E-state index contributed by atoms with van der Waals surface area (Å²) in [6.45, 7) is 10.0. The second-order valence-corrected chi connectivity index (χ2v) is 6.41. The maximum absolute atomic E-state index is 12.2. The Bertz CT molecular complexity index is 318. The normalized spacial score (nSPS) is 26.4. The maximum atomic E-state index is 12.2. The number of likely N-dealkylation sites (N-methyl/N-ethyl adjacent to an activating group) is 1. The summed E-state index contributed by atoms with van der Waals surface area (Å²) in [5.74, 6) is 0.382. The first-order valence-electron chi connectivity index (χ1n) is 6.21. The fourth-order valence-corrected chi connectivity index (χ4v) is 2.47. The predicted molar refractivity (Wildman–Crippen MR) is 67.4 cm³/mol. The summed E-state index contributed by atoms with van der Waals surface area (Å²) in [5, 5.41) is 2.85. The number of amides is 2. The van der Waals surface area contributed by atoms with Crippen LogP contribution in [0.2, 0.25) is 0 Å². The summed E-state index contributed by atoms with van der Waals surface area (Å²) in [6, 6.07) is -0.732. The number of rotatable bonds is 2. The quantitative estimate of drug-likeness (QED) is 0.793. The highest BCUT2D eigenvalue weighted by Crippen LogP contribution is 2.27. The van der Waals surface area contributed by atoms with Gasteiger partial charge in [-0.15, -0.1) is 0 Å². The molecule has 2 unspecified atom stereocenters. The molecule has 1 fully saturated rings. The molecule has 17 heavy (non-hydrogen) atoms. The van der Waals surface area contributed by atoms with Gasteiger partial charge in [0.05, 0.1) is 0 Å². The Morgan fingerprint density at radius 3 is 2.24 bits per heavy atom. The zero-order valence-electron chi connectivity index (χ0n) is 11.7. The van der Waals surface area contributed by atoms with Gasteiger partial charge in [-0.3, -0.25) is 9.59 Å². The molecule has 0 aromatic heterocycles. The molecule has 2 amide bonds. The van der Waals surface area contributed by atoms with Crippen molar-refractivity contribution in [2.24, 2.45) is 11.3 Å².